The van der Waals surface area contributed by atoms with Crippen molar-refractivity contribution < 1.29 is 19.8 Å². The average molecular weight is 396 g/mol. The number of carboxylic acids is 1. The molecule has 3 N–H and O–H groups in total. The highest BCUT2D eigenvalue weighted by Crippen LogP contribution is 2.51. The Bertz CT molecular complexity index is 661. The Hall–Kier alpha value is -1.09. The van der Waals surface area contributed by atoms with Gasteiger partial charge >= 0.3 is 5.97 Å². The number of amides is 1. The van der Waals surface area contributed by atoms with E-state index in [1.165, 1.54) is 11.3 Å². The van der Waals surface area contributed by atoms with Crippen molar-refractivity contribution >= 4 is 23.6 Å². The maximum absolute atomic E-state index is 12.4. The van der Waals surface area contributed by atoms with Gasteiger partial charge in [0.05, 0.1) is 18.1 Å². The van der Waals surface area contributed by atoms with Crippen LogP contribution in [0.4, 0.5) is 0 Å². The third-order valence-electron chi connectivity index (χ3n) is 6.51. The molecule has 0 radical (unpaired) electrons. The average Bonchev–Trinajstić information content (AvgIpc) is 3.30. The molecule has 0 spiro atoms. The molecule has 0 aromatic carbocycles. The SMILES string of the molecule is CC(O)[C@H]1C(=O)N2C(C(=O)O)=C(S[C@@H]3CCN(C[C@H]4CCNC4)C3)[C@H](C)[C@H]12. The van der Waals surface area contributed by atoms with Crippen LogP contribution in [0.1, 0.15) is 26.7 Å². The van der Waals surface area contributed by atoms with Crippen molar-refractivity contribution in [3.05, 3.63) is 10.6 Å². The molecule has 8 heteroatoms. The maximum atomic E-state index is 12.4. The van der Waals surface area contributed by atoms with Crippen LogP contribution in [0.2, 0.25) is 0 Å². The topological polar surface area (TPSA) is 93.1 Å². The van der Waals surface area contributed by atoms with Crippen LogP contribution in [0.15, 0.2) is 10.6 Å². The van der Waals surface area contributed by atoms with Crippen molar-refractivity contribution in [3.8, 4) is 0 Å². The lowest BCUT2D eigenvalue weighted by molar-refractivity contribution is -0.163. The molecule has 7 nitrogen and oxygen atoms in total. The Morgan fingerprint density at radius 3 is 2.81 bits per heavy atom. The van der Waals surface area contributed by atoms with Crippen LogP contribution < -0.4 is 5.32 Å². The van der Waals surface area contributed by atoms with Crippen molar-refractivity contribution in [1.29, 1.82) is 0 Å². The third-order valence-corrected chi connectivity index (χ3v) is 8.05. The summed E-state index contributed by atoms with van der Waals surface area (Å²) in [6.07, 6.45) is 1.54. The zero-order chi connectivity index (χ0) is 19.3. The number of carbonyl (C=O) groups excluding carboxylic acids is 1. The number of hydrogen-bond acceptors (Lipinski definition) is 6. The summed E-state index contributed by atoms with van der Waals surface area (Å²) in [6, 6.07) is -0.215. The summed E-state index contributed by atoms with van der Waals surface area (Å²) in [5.74, 6) is -1.08. The van der Waals surface area contributed by atoms with Crippen LogP contribution >= 0.6 is 11.8 Å². The molecule has 4 aliphatic rings. The van der Waals surface area contributed by atoms with Crippen molar-refractivity contribution in [2.45, 2.75) is 44.1 Å². The molecular formula is C19H29N3O4S. The number of rotatable bonds is 6. The molecule has 4 heterocycles. The second kappa shape index (κ2) is 7.39. The van der Waals surface area contributed by atoms with Gasteiger partial charge in [-0.25, -0.2) is 4.79 Å². The predicted molar refractivity (Wildman–Crippen MR) is 103 cm³/mol. The minimum Gasteiger partial charge on any atom is -0.477 e. The highest BCUT2D eigenvalue weighted by Gasteiger charge is 2.60. The zero-order valence-corrected chi connectivity index (χ0v) is 16.7. The van der Waals surface area contributed by atoms with E-state index in [1.807, 2.05) is 6.92 Å². The summed E-state index contributed by atoms with van der Waals surface area (Å²) in [5, 5.41) is 23.5. The summed E-state index contributed by atoms with van der Waals surface area (Å²) in [4.78, 5) is 29.0. The van der Waals surface area contributed by atoms with Crippen molar-refractivity contribution in [2.75, 3.05) is 32.7 Å². The number of carbonyl (C=O) groups is 2. The molecule has 1 amide bonds. The summed E-state index contributed by atoms with van der Waals surface area (Å²) in [7, 11) is 0. The molecule has 27 heavy (non-hydrogen) atoms. The van der Waals surface area contributed by atoms with Gasteiger partial charge < -0.3 is 25.3 Å². The van der Waals surface area contributed by atoms with Crippen molar-refractivity contribution in [1.82, 2.24) is 15.1 Å². The minimum absolute atomic E-state index is 0.0357. The van der Waals surface area contributed by atoms with E-state index < -0.39 is 18.0 Å². The van der Waals surface area contributed by atoms with Crippen LogP contribution in [0.25, 0.3) is 0 Å². The fraction of sp³-hybridized carbons (Fsp3) is 0.789. The normalized spacial score (nSPS) is 37.7. The van der Waals surface area contributed by atoms with Gasteiger partial charge in [-0.15, -0.1) is 11.8 Å². The Kier molecular flexibility index (Phi) is 5.26. The number of carboxylic acid groups (broad SMARTS) is 1. The van der Waals surface area contributed by atoms with Crippen molar-refractivity contribution in [2.24, 2.45) is 17.8 Å². The first-order valence-corrected chi connectivity index (χ1v) is 10.8. The van der Waals surface area contributed by atoms with Gasteiger partial charge in [-0.2, -0.15) is 0 Å². The number of nitrogens with one attached hydrogen (secondary N) is 1. The molecule has 6 atom stereocenters. The lowest BCUT2D eigenvalue weighted by atomic mass is 9.79. The number of aliphatic hydroxyl groups is 1. The number of fused-ring (bicyclic) bond motifs is 1. The summed E-state index contributed by atoms with van der Waals surface area (Å²) in [6.45, 7) is 8.96. The summed E-state index contributed by atoms with van der Waals surface area (Å²) in [5.41, 5.74) is 0.151. The van der Waals surface area contributed by atoms with Gasteiger partial charge in [0.15, 0.2) is 0 Å². The van der Waals surface area contributed by atoms with Crippen molar-refractivity contribution in [3.63, 3.8) is 0 Å². The lowest BCUT2D eigenvalue weighted by Crippen LogP contribution is -2.63. The predicted octanol–water partition coefficient (Wildman–Crippen LogP) is 0.557. The molecule has 150 valence electrons. The maximum Gasteiger partial charge on any atom is 0.353 e. The van der Waals surface area contributed by atoms with Gasteiger partial charge in [-0.3, -0.25) is 4.79 Å². The van der Waals surface area contributed by atoms with Crippen LogP contribution in [-0.2, 0) is 9.59 Å². The van der Waals surface area contributed by atoms with Crippen LogP contribution in [0, 0.1) is 17.8 Å². The van der Waals surface area contributed by atoms with Gasteiger partial charge in [-0.05, 0) is 45.3 Å². The van der Waals surface area contributed by atoms with Crippen LogP contribution in [0.3, 0.4) is 0 Å². The third kappa shape index (κ3) is 3.30. The molecule has 3 fully saturated rings. The fourth-order valence-corrected chi connectivity index (χ4v) is 6.67. The number of β-lactam (4-membered cyclic amide) rings is 1. The molecule has 0 aromatic rings. The highest BCUT2D eigenvalue weighted by molar-refractivity contribution is 8.03. The van der Waals surface area contributed by atoms with Gasteiger partial charge in [0.25, 0.3) is 0 Å². The molecule has 4 aliphatic heterocycles. The summed E-state index contributed by atoms with van der Waals surface area (Å²) >= 11 is 1.65. The van der Waals surface area contributed by atoms with E-state index in [0.29, 0.717) is 5.25 Å². The number of thioether (sulfide) groups is 1. The Morgan fingerprint density at radius 1 is 1.41 bits per heavy atom. The number of nitrogens with zero attached hydrogens (tertiary/aromatic N) is 2. The Balaban J connectivity index is 1.45. The van der Waals surface area contributed by atoms with E-state index in [2.05, 4.69) is 10.2 Å². The highest BCUT2D eigenvalue weighted by atomic mass is 32.2. The van der Waals surface area contributed by atoms with Crippen LogP contribution in [-0.4, -0.2) is 82.0 Å². The number of aliphatic carboxylic acids is 1. The van der Waals surface area contributed by atoms with E-state index in [4.69, 9.17) is 0 Å². The Morgan fingerprint density at radius 2 is 2.19 bits per heavy atom. The molecule has 0 aromatic heterocycles. The zero-order valence-electron chi connectivity index (χ0n) is 15.9. The monoisotopic (exact) mass is 395 g/mol. The number of aliphatic hydroxyl groups excluding tert-OH is 1. The van der Waals surface area contributed by atoms with E-state index in [-0.39, 0.29) is 23.6 Å². The van der Waals surface area contributed by atoms with Gasteiger partial charge in [0.1, 0.15) is 5.70 Å². The standard InChI is InChI=1S/C19H29N3O4S/c1-10-15-14(11(2)23)18(24)22(15)16(19(25)26)17(10)27-13-4-6-21(9-13)8-12-3-5-20-7-12/h10-15,20,23H,3-9H2,1-2H3,(H,25,26)/t10-,11?,12+,13-,14-,15-/m1/s1. The fourth-order valence-electron chi connectivity index (χ4n) is 5.15. The summed E-state index contributed by atoms with van der Waals surface area (Å²) < 4.78 is 0. The van der Waals surface area contributed by atoms with Gasteiger partial charge in [0, 0.05) is 29.2 Å². The lowest BCUT2D eigenvalue weighted by Gasteiger charge is -2.46. The molecule has 0 bridgehead atoms. The smallest absolute Gasteiger partial charge is 0.353 e. The van der Waals surface area contributed by atoms with E-state index in [0.717, 1.165) is 50.0 Å². The first kappa shape index (κ1) is 19.2. The van der Waals surface area contributed by atoms with E-state index in [1.54, 1.807) is 18.7 Å². The van der Waals surface area contributed by atoms with Gasteiger partial charge in [-0.1, -0.05) is 6.92 Å². The van der Waals surface area contributed by atoms with Crippen LogP contribution in [0.5, 0.6) is 0 Å². The first-order valence-electron chi connectivity index (χ1n) is 9.96. The minimum atomic E-state index is -1.03. The Labute approximate surface area is 164 Å². The number of likely N-dealkylation sites (tertiary alicyclic amines) is 1. The molecule has 0 saturated carbocycles. The first-order chi connectivity index (χ1) is 12.9. The largest absolute Gasteiger partial charge is 0.477 e. The molecular weight excluding hydrogens is 366 g/mol. The second-order valence-corrected chi connectivity index (χ2v) is 9.76. The molecule has 0 aliphatic carbocycles. The van der Waals surface area contributed by atoms with E-state index >= 15 is 0 Å². The number of hydrogen-bond donors (Lipinski definition) is 3. The molecule has 1 unspecified atom stereocenters. The quantitative estimate of drug-likeness (QED) is 0.566. The van der Waals surface area contributed by atoms with E-state index in [9.17, 15) is 19.8 Å². The molecule has 3 saturated heterocycles. The second-order valence-electron chi connectivity index (χ2n) is 8.42. The van der Waals surface area contributed by atoms with Gasteiger partial charge in [0.2, 0.25) is 5.91 Å². The molecule has 4 rings (SSSR count).